The van der Waals surface area contributed by atoms with Crippen LogP contribution < -0.4 is 5.32 Å². The molecule has 1 aromatic heterocycles. The Balaban J connectivity index is 1.95. The summed E-state index contributed by atoms with van der Waals surface area (Å²) in [6, 6.07) is 15.5. The molecule has 4 rings (SSSR count). The Bertz CT molecular complexity index is 996. The van der Waals surface area contributed by atoms with Gasteiger partial charge in [0.25, 0.3) is 0 Å². The maximum absolute atomic E-state index is 12.9. The summed E-state index contributed by atoms with van der Waals surface area (Å²) in [6.07, 6.45) is 0. The minimum atomic E-state index is -0.592. The molecule has 8 heteroatoms. The van der Waals surface area contributed by atoms with Crippen molar-refractivity contribution in [3.8, 4) is 5.75 Å². The molecule has 2 N–H and O–H groups in total. The largest absolute Gasteiger partial charge is 0.508 e. The van der Waals surface area contributed by atoms with Gasteiger partial charge in [-0.25, -0.2) is 4.79 Å². The van der Waals surface area contributed by atoms with Gasteiger partial charge < -0.3 is 15.2 Å². The summed E-state index contributed by atoms with van der Waals surface area (Å²) in [6.45, 7) is 2.00. The van der Waals surface area contributed by atoms with Crippen LogP contribution in [-0.4, -0.2) is 37.9 Å². The van der Waals surface area contributed by atoms with Crippen LogP contribution in [0.1, 0.15) is 24.1 Å². The van der Waals surface area contributed by atoms with E-state index in [0.29, 0.717) is 17.2 Å². The Kier molecular flexibility index (Phi) is 4.29. The van der Waals surface area contributed by atoms with E-state index in [1.165, 1.54) is 4.68 Å². The van der Waals surface area contributed by atoms with Crippen LogP contribution in [0.2, 0.25) is 0 Å². The fourth-order valence-electron chi connectivity index (χ4n) is 3.11. The maximum Gasteiger partial charge on any atom is 0.338 e. The molecule has 0 saturated carbocycles. The highest BCUT2D eigenvalue weighted by Gasteiger charge is 2.36. The average Bonchev–Trinajstić information content (AvgIpc) is 3.16. The predicted molar refractivity (Wildman–Crippen MR) is 97.7 cm³/mol. The number of benzene rings is 2. The van der Waals surface area contributed by atoms with Crippen molar-refractivity contribution in [2.75, 3.05) is 11.9 Å². The van der Waals surface area contributed by atoms with E-state index in [9.17, 15) is 9.90 Å². The molecule has 2 aromatic carbocycles. The number of rotatable bonds is 4. The van der Waals surface area contributed by atoms with Crippen molar-refractivity contribution in [2.24, 2.45) is 0 Å². The van der Waals surface area contributed by atoms with Crippen molar-refractivity contribution < 1.29 is 14.6 Å². The number of phenols is 1. The van der Waals surface area contributed by atoms with Crippen molar-refractivity contribution >= 4 is 17.6 Å². The van der Waals surface area contributed by atoms with Crippen molar-refractivity contribution in [3.63, 3.8) is 0 Å². The maximum atomic E-state index is 12.9. The van der Waals surface area contributed by atoms with Gasteiger partial charge in [-0.05, 0) is 40.6 Å². The van der Waals surface area contributed by atoms with Crippen LogP contribution in [-0.2, 0) is 9.53 Å². The minimum absolute atomic E-state index is 0.134. The summed E-state index contributed by atoms with van der Waals surface area (Å²) in [5.41, 5.74) is 2.56. The monoisotopic (exact) mass is 363 g/mol. The first-order chi connectivity index (χ1) is 13.2. The second-order valence-electron chi connectivity index (χ2n) is 5.94. The molecule has 0 amide bonds. The lowest BCUT2D eigenvalue weighted by Gasteiger charge is -2.28. The smallest absolute Gasteiger partial charge is 0.338 e. The van der Waals surface area contributed by atoms with E-state index >= 15 is 0 Å². The van der Waals surface area contributed by atoms with E-state index in [0.717, 1.165) is 11.1 Å². The van der Waals surface area contributed by atoms with E-state index in [1.807, 2.05) is 30.3 Å². The molecule has 1 aliphatic rings. The molecule has 136 valence electrons. The predicted octanol–water partition coefficient (Wildman–Crippen LogP) is 2.37. The zero-order valence-electron chi connectivity index (χ0n) is 14.5. The van der Waals surface area contributed by atoms with Crippen LogP contribution >= 0.6 is 0 Å². The topological polar surface area (TPSA) is 102 Å². The Morgan fingerprint density at radius 3 is 2.63 bits per heavy atom. The molecule has 1 aliphatic heterocycles. The zero-order valence-corrected chi connectivity index (χ0v) is 14.5. The number of hydrogen-bond acceptors (Lipinski definition) is 7. The summed E-state index contributed by atoms with van der Waals surface area (Å²) in [5.74, 6) is 0.0950. The average molecular weight is 363 g/mol. The lowest BCUT2D eigenvalue weighted by atomic mass is 9.93. The molecule has 0 aliphatic carbocycles. The van der Waals surface area contributed by atoms with Crippen molar-refractivity contribution in [3.05, 3.63) is 71.3 Å². The molecule has 2 heterocycles. The summed E-state index contributed by atoms with van der Waals surface area (Å²) >= 11 is 0. The Labute approximate surface area is 155 Å². The molecule has 0 fully saturated rings. The molecule has 3 aromatic rings. The van der Waals surface area contributed by atoms with E-state index < -0.39 is 12.0 Å². The van der Waals surface area contributed by atoms with E-state index in [1.54, 1.807) is 31.2 Å². The third-order valence-electron chi connectivity index (χ3n) is 4.28. The number of aromatic hydroxyl groups is 1. The lowest BCUT2D eigenvalue weighted by molar-refractivity contribution is -0.138. The van der Waals surface area contributed by atoms with Crippen LogP contribution in [0.3, 0.4) is 0 Å². The van der Waals surface area contributed by atoms with Crippen LogP contribution in [0.15, 0.2) is 60.2 Å². The van der Waals surface area contributed by atoms with Gasteiger partial charge >= 0.3 is 5.97 Å². The summed E-state index contributed by atoms with van der Waals surface area (Å²) in [4.78, 5) is 12.9. The highest BCUT2D eigenvalue weighted by atomic mass is 16.5. The minimum Gasteiger partial charge on any atom is -0.508 e. The summed E-state index contributed by atoms with van der Waals surface area (Å²) in [5, 5.41) is 24.6. The van der Waals surface area contributed by atoms with E-state index in [2.05, 4.69) is 20.8 Å². The van der Waals surface area contributed by atoms with Gasteiger partial charge in [0.05, 0.1) is 17.9 Å². The number of carbonyl (C=O) groups is 1. The van der Waals surface area contributed by atoms with Gasteiger partial charge in [0, 0.05) is 0 Å². The molecular weight excluding hydrogens is 346 g/mol. The van der Waals surface area contributed by atoms with Crippen LogP contribution in [0.25, 0.3) is 5.70 Å². The van der Waals surface area contributed by atoms with Gasteiger partial charge in [0.15, 0.2) is 0 Å². The van der Waals surface area contributed by atoms with Crippen LogP contribution in [0.5, 0.6) is 5.75 Å². The zero-order chi connectivity index (χ0) is 18.8. The molecule has 0 radical (unpaired) electrons. The number of tetrazole rings is 1. The fraction of sp³-hybridized carbons (Fsp3) is 0.158. The van der Waals surface area contributed by atoms with Crippen molar-refractivity contribution in [2.45, 2.75) is 13.0 Å². The number of carbonyl (C=O) groups excluding carboxylic acids is 1. The molecule has 27 heavy (non-hydrogen) atoms. The number of ether oxygens (including phenoxy) is 1. The van der Waals surface area contributed by atoms with Gasteiger partial charge in [-0.15, -0.1) is 0 Å². The number of anilines is 1. The first kappa shape index (κ1) is 16.8. The van der Waals surface area contributed by atoms with Gasteiger partial charge in [0.2, 0.25) is 5.95 Å². The van der Waals surface area contributed by atoms with Crippen molar-refractivity contribution in [1.82, 2.24) is 20.2 Å². The number of nitrogens with one attached hydrogen (secondary N) is 1. The summed E-state index contributed by atoms with van der Waals surface area (Å²) < 4.78 is 6.86. The first-order valence-corrected chi connectivity index (χ1v) is 8.49. The quantitative estimate of drug-likeness (QED) is 0.686. The highest BCUT2D eigenvalue weighted by molar-refractivity contribution is 6.02. The Morgan fingerprint density at radius 2 is 1.93 bits per heavy atom. The normalized spacial score (nSPS) is 15.8. The molecule has 0 saturated heterocycles. The van der Waals surface area contributed by atoms with E-state index in [-0.39, 0.29) is 12.4 Å². The molecule has 8 nitrogen and oxygen atoms in total. The molecular formula is C19H17N5O3. The van der Waals surface area contributed by atoms with Gasteiger partial charge in [-0.2, -0.15) is 4.68 Å². The van der Waals surface area contributed by atoms with E-state index in [4.69, 9.17) is 4.74 Å². The lowest BCUT2D eigenvalue weighted by Crippen LogP contribution is -2.30. The number of hydrogen-bond donors (Lipinski definition) is 2. The van der Waals surface area contributed by atoms with Gasteiger partial charge in [-0.3, -0.25) is 0 Å². The van der Waals surface area contributed by atoms with Gasteiger partial charge in [0.1, 0.15) is 11.8 Å². The number of phenolic OH excluding ortho intramolecular Hbond substituents is 1. The van der Waals surface area contributed by atoms with Crippen molar-refractivity contribution in [1.29, 1.82) is 0 Å². The molecule has 0 bridgehead atoms. The molecule has 0 spiro atoms. The number of aromatic nitrogens is 4. The standard InChI is InChI=1S/C19H17N5O3/c1-2-27-18(26)15-16(12-6-4-3-5-7-12)20-19-21-22-23-24(19)17(15)13-8-10-14(25)11-9-13/h3-11,17,25H,2H2,1H3,(H,20,21,23). The Morgan fingerprint density at radius 1 is 1.19 bits per heavy atom. The summed E-state index contributed by atoms with van der Waals surface area (Å²) in [7, 11) is 0. The Hall–Kier alpha value is -3.68. The second kappa shape index (κ2) is 6.91. The third kappa shape index (κ3) is 3.01. The molecule has 1 atom stereocenters. The van der Waals surface area contributed by atoms with Crippen LogP contribution in [0.4, 0.5) is 5.95 Å². The van der Waals surface area contributed by atoms with Gasteiger partial charge in [-0.1, -0.05) is 47.6 Å². The number of esters is 1. The number of nitrogens with zero attached hydrogens (tertiary/aromatic N) is 4. The molecule has 1 unspecified atom stereocenters. The SMILES string of the molecule is CCOC(=O)C1=C(c2ccccc2)Nc2nnnn2C1c1ccc(O)cc1. The highest BCUT2D eigenvalue weighted by Crippen LogP contribution is 2.38. The number of fused-ring (bicyclic) bond motifs is 1. The first-order valence-electron chi connectivity index (χ1n) is 8.49. The fourth-order valence-corrected chi connectivity index (χ4v) is 3.11. The van der Waals surface area contributed by atoms with Crippen LogP contribution in [0, 0.1) is 0 Å². The third-order valence-corrected chi connectivity index (χ3v) is 4.28. The second-order valence-corrected chi connectivity index (χ2v) is 5.94.